The first-order valence-electron chi connectivity index (χ1n) is 11.2. The molecular weight excluding hydrogens is 380 g/mol. The molecule has 0 aliphatic heterocycles. The number of amides is 1. The summed E-state index contributed by atoms with van der Waals surface area (Å²) >= 11 is 0. The number of aryl methyl sites for hydroxylation is 1. The van der Waals surface area contributed by atoms with Crippen LogP contribution >= 0.6 is 0 Å². The summed E-state index contributed by atoms with van der Waals surface area (Å²) in [5.74, 6) is 1.11. The topological polar surface area (TPSA) is 34.0 Å². The summed E-state index contributed by atoms with van der Waals surface area (Å²) in [6.07, 6.45) is 1.000. The van der Waals surface area contributed by atoms with Gasteiger partial charge in [0.25, 0.3) is 5.91 Å². The molecule has 0 bridgehead atoms. The third-order valence-corrected chi connectivity index (χ3v) is 7.56. The summed E-state index contributed by atoms with van der Waals surface area (Å²) in [5.41, 5.74) is 5.16. The first-order valence-corrected chi connectivity index (χ1v) is 11.2. The minimum Gasteiger partial charge on any atom is -0.352 e. The Kier molecular flexibility index (Phi) is 4.65. The second kappa shape index (κ2) is 7.26. The quantitative estimate of drug-likeness (QED) is 0.418. The molecule has 0 saturated heterocycles. The van der Waals surface area contributed by atoms with Crippen LogP contribution in [0.15, 0.2) is 66.7 Å². The number of rotatable bonds is 5. The van der Waals surface area contributed by atoms with Crippen LogP contribution in [0.1, 0.15) is 47.8 Å². The van der Waals surface area contributed by atoms with Crippen LogP contribution in [0, 0.1) is 18.3 Å². The van der Waals surface area contributed by atoms with E-state index in [-0.39, 0.29) is 11.3 Å². The van der Waals surface area contributed by atoms with E-state index in [2.05, 4.69) is 74.1 Å². The summed E-state index contributed by atoms with van der Waals surface area (Å²) < 4.78 is 2.37. The van der Waals surface area contributed by atoms with Gasteiger partial charge in [-0.2, -0.15) is 0 Å². The van der Waals surface area contributed by atoms with E-state index in [1.54, 1.807) is 0 Å². The number of hydrogen-bond donors (Lipinski definition) is 1. The second-order valence-corrected chi connectivity index (χ2v) is 9.56. The van der Waals surface area contributed by atoms with Gasteiger partial charge >= 0.3 is 0 Å². The van der Waals surface area contributed by atoms with Gasteiger partial charge in [0.05, 0.1) is 5.52 Å². The molecule has 1 heterocycles. The van der Waals surface area contributed by atoms with Gasteiger partial charge in [-0.15, -0.1) is 0 Å². The monoisotopic (exact) mass is 410 g/mol. The normalized spacial score (nSPS) is 19.6. The van der Waals surface area contributed by atoms with Gasteiger partial charge in [-0.25, -0.2) is 0 Å². The van der Waals surface area contributed by atoms with Crippen molar-refractivity contribution in [1.29, 1.82) is 0 Å². The van der Waals surface area contributed by atoms with Crippen LogP contribution < -0.4 is 5.32 Å². The number of hydrogen-bond acceptors (Lipinski definition) is 1. The largest absolute Gasteiger partial charge is 0.352 e. The fourth-order valence-corrected chi connectivity index (χ4v) is 5.66. The standard InChI is InChI=1S/C28H30N2O/c1-18-24(22-15-14-19-10-8-9-13-21(19)26(22)30(18)4)25-23(28(25,2)3)16-17-29-27(31)20-11-6-5-7-12-20/h5-15,23,25H,16-17H2,1-4H3,(H,29,31)/t23-,25-/m1/s1. The Balaban J connectivity index is 1.41. The highest BCUT2D eigenvalue weighted by Crippen LogP contribution is 2.67. The number of carbonyl (C=O) groups excluding carboxylic acids is 1. The minimum absolute atomic E-state index is 0.0171. The molecule has 2 atom stereocenters. The highest BCUT2D eigenvalue weighted by Gasteiger charge is 2.58. The molecular formula is C28H30N2O. The Hall–Kier alpha value is -3.07. The third-order valence-electron chi connectivity index (χ3n) is 7.56. The first kappa shape index (κ1) is 19.9. The van der Waals surface area contributed by atoms with Crippen molar-refractivity contribution in [2.24, 2.45) is 18.4 Å². The molecule has 3 heteroatoms. The lowest BCUT2D eigenvalue weighted by Gasteiger charge is -2.06. The van der Waals surface area contributed by atoms with Crippen LogP contribution in [-0.2, 0) is 7.05 Å². The van der Waals surface area contributed by atoms with Crippen molar-refractivity contribution in [3.63, 3.8) is 0 Å². The molecule has 1 aromatic heterocycles. The van der Waals surface area contributed by atoms with Gasteiger partial charge in [0, 0.05) is 35.6 Å². The maximum atomic E-state index is 12.4. The van der Waals surface area contributed by atoms with Crippen LogP contribution in [-0.4, -0.2) is 17.0 Å². The third kappa shape index (κ3) is 3.15. The molecule has 0 spiro atoms. The SMILES string of the molecule is Cc1c([C@H]2[C@@H](CCNC(=O)c3ccccc3)C2(C)C)c2ccc3ccccc3c2n1C. The van der Waals surface area contributed by atoms with Crippen LogP contribution in [0.2, 0.25) is 0 Å². The van der Waals surface area contributed by atoms with Crippen molar-refractivity contribution in [3.8, 4) is 0 Å². The van der Waals surface area contributed by atoms with Gasteiger partial charge in [0.15, 0.2) is 0 Å². The van der Waals surface area contributed by atoms with E-state index in [0.717, 1.165) is 12.0 Å². The van der Waals surface area contributed by atoms with Gasteiger partial charge in [-0.3, -0.25) is 4.79 Å². The molecule has 31 heavy (non-hydrogen) atoms. The highest BCUT2D eigenvalue weighted by molar-refractivity contribution is 6.08. The zero-order valence-corrected chi connectivity index (χ0v) is 18.8. The number of carbonyl (C=O) groups is 1. The molecule has 1 aliphatic rings. The lowest BCUT2D eigenvalue weighted by atomic mass is 9.98. The Bertz CT molecular complexity index is 1280. The van der Waals surface area contributed by atoms with E-state index < -0.39 is 0 Å². The summed E-state index contributed by atoms with van der Waals surface area (Å²) in [5, 5.41) is 7.11. The van der Waals surface area contributed by atoms with Gasteiger partial charge in [-0.1, -0.05) is 68.4 Å². The minimum atomic E-state index is 0.0171. The zero-order valence-electron chi connectivity index (χ0n) is 18.8. The van der Waals surface area contributed by atoms with Crippen molar-refractivity contribution in [2.45, 2.75) is 33.1 Å². The Morgan fingerprint density at radius 2 is 1.68 bits per heavy atom. The van der Waals surface area contributed by atoms with Crippen LogP contribution in [0.5, 0.6) is 0 Å². The maximum absolute atomic E-state index is 12.4. The predicted molar refractivity (Wildman–Crippen MR) is 129 cm³/mol. The average molecular weight is 411 g/mol. The van der Waals surface area contributed by atoms with E-state index in [9.17, 15) is 4.79 Å². The molecule has 1 amide bonds. The molecule has 1 N–H and O–H groups in total. The van der Waals surface area contributed by atoms with Crippen LogP contribution in [0.4, 0.5) is 0 Å². The van der Waals surface area contributed by atoms with Crippen molar-refractivity contribution in [1.82, 2.24) is 9.88 Å². The van der Waals surface area contributed by atoms with Crippen LogP contribution in [0.25, 0.3) is 21.7 Å². The molecule has 1 aliphatic carbocycles. The van der Waals surface area contributed by atoms with E-state index >= 15 is 0 Å². The summed E-state index contributed by atoms with van der Waals surface area (Å²) in [6.45, 7) is 7.72. The van der Waals surface area contributed by atoms with Crippen molar-refractivity contribution < 1.29 is 4.79 Å². The smallest absolute Gasteiger partial charge is 0.251 e. The van der Waals surface area contributed by atoms with Crippen molar-refractivity contribution in [2.75, 3.05) is 6.54 Å². The first-order chi connectivity index (χ1) is 14.9. The van der Waals surface area contributed by atoms with E-state index in [1.165, 1.54) is 32.9 Å². The number of fused-ring (bicyclic) bond motifs is 3. The number of nitrogens with one attached hydrogen (secondary N) is 1. The lowest BCUT2D eigenvalue weighted by molar-refractivity contribution is 0.0952. The van der Waals surface area contributed by atoms with E-state index in [4.69, 9.17) is 0 Å². The fourth-order valence-electron chi connectivity index (χ4n) is 5.66. The number of aromatic nitrogens is 1. The lowest BCUT2D eigenvalue weighted by Crippen LogP contribution is -2.24. The molecule has 1 fully saturated rings. The Labute approximate surface area is 184 Å². The predicted octanol–water partition coefficient (Wildman–Crippen LogP) is 6.20. The molecule has 4 aromatic rings. The van der Waals surface area contributed by atoms with Gasteiger partial charge < -0.3 is 9.88 Å². The Morgan fingerprint density at radius 1 is 0.968 bits per heavy atom. The molecule has 158 valence electrons. The summed E-state index contributed by atoms with van der Waals surface area (Å²) in [6, 6.07) is 22.7. The van der Waals surface area contributed by atoms with Crippen molar-refractivity contribution in [3.05, 3.63) is 83.6 Å². The molecule has 3 nitrogen and oxygen atoms in total. The number of benzene rings is 3. The van der Waals surface area contributed by atoms with Crippen LogP contribution in [0.3, 0.4) is 0 Å². The maximum Gasteiger partial charge on any atom is 0.251 e. The van der Waals surface area contributed by atoms with Gasteiger partial charge in [-0.05, 0) is 53.7 Å². The van der Waals surface area contributed by atoms with E-state index in [0.29, 0.717) is 18.4 Å². The van der Waals surface area contributed by atoms with E-state index in [1.807, 2.05) is 30.3 Å². The summed E-state index contributed by atoms with van der Waals surface area (Å²) in [7, 11) is 2.19. The van der Waals surface area contributed by atoms with Crippen molar-refractivity contribution >= 4 is 27.6 Å². The highest BCUT2D eigenvalue weighted by atomic mass is 16.1. The molecule has 5 rings (SSSR count). The molecule has 0 unspecified atom stereocenters. The Morgan fingerprint density at radius 3 is 2.45 bits per heavy atom. The number of nitrogens with zero attached hydrogens (tertiary/aromatic N) is 1. The fraction of sp³-hybridized carbons (Fsp3) is 0.321. The average Bonchev–Trinajstić information content (AvgIpc) is 3.21. The molecule has 1 saturated carbocycles. The molecule has 0 radical (unpaired) electrons. The summed E-state index contributed by atoms with van der Waals surface area (Å²) in [4.78, 5) is 12.4. The zero-order chi connectivity index (χ0) is 21.8. The van der Waals surface area contributed by atoms with Gasteiger partial charge in [0.2, 0.25) is 0 Å². The molecule has 3 aromatic carbocycles. The van der Waals surface area contributed by atoms with Gasteiger partial charge in [0.1, 0.15) is 0 Å². The second-order valence-electron chi connectivity index (χ2n) is 9.56.